The highest BCUT2D eigenvalue weighted by Crippen LogP contribution is 2.35. The van der Waals surface area contributed by atoms with Crippen LogP contribution in [-0.4, -0.2) is 45.2 Å². The van der Waals surface area contributed by atoms with Crippen molar-refractivity contribution in [3.8, 4) is 11.7 Å². The minimum atomic E-state index is -1.86. The summed E-state index contributed by atoms with van der Waals surface area (Å²) in [5, 5.41) is 13.1. The average Bonchev–Trinajstić information content (AvgIpc) is 3.25. The molecule has 0 aliphatic heterocycles. The van der Waals surface area contributed by atoms with E-state index in [1.54, 1.807) is 6.92 Å². The second-order valence-electron chi connectivity index (χ2n) is 5.78. The summed E-state index contributed by atoms with van der Waals surface area (Å²) in [4.78, 5) is 22.0. The molecule has 3 rings (SSSR count). The molecule has 2 amide bonds. The summed E-state index contributed by atoms with van der Waals surface area (Å²) in [6, 6.07) is 0.683. The molecule has 13 heteroatoms. The third-order valence-corrected chi connectivity index (χ3v) is 4.64. The molecule has 0 bridgehead atoms. The van der Waals surface area contributed by atoms with E-state index in [0.29, 0.717) is 5.69 Å². The van der Waals surface area contributed by atoms with Crippen molar-refractivity contribution in [3.63, 3.8) is 0 Å². The van der Waals surface area contributed by atoms with E-state index in [1.165, 1.54) is 43.7 Å². The standard InChI is InChI=1S/C17H16Cl2FN7O3/c1-8-13(19)12(14(20)29-2)11(7-21-8)25-17(28)24-10-6-9(18)15(26-16(10)30-3)27-22-4-5-23-27/h4-7,14H,1-3H3,(H2,24,25,28)/t14-/m1/s1. The summed E-state index contributed by atoms with van der Waals surface area (Å²) in [5.41, 5.74) is 0.530. The monoisotopic (exact) mass is 455 g/mol. The zero-order valence-corrected chi connectivity index (χ0v) is 17.5. The van der Waals surface area contributed by atoms with Crippen molar-refractivity contribution >= 4 is 40.6 Å². The van der Waals surface area contributed by atoms with Gasteiger partial charge in [0.1, 0.15) is 5.69 Å². The van der Waals surface area contributed by atoms with Gasteiger partial charge in [-0.1, -0.05) is 23.2 Å². The molecule has 2 N–H and O–H groups in total. The van der Waals surface area contributed by atoms with Crippen LogP contribution in [0.15, 0.2) is 24.7 Å². The maximum Gasteiger partial charge on any atom is 0.323 e. The number of pyridine rings is 2. The molecule has 10 nitrogen and oxygen atoms in total. The molecule has 0 aromatic carbocycles. The van der Waals surface area contributed by atoms with Gasteiger partial charge in [-0.25, -0.2) is 9.18 Å². The number of nitrogens with one attached hydrogen (secondary N) is 2. The van der Waals surface area contributed by atoms with Gasteiger partial charge < -0.3 is 20.1 Å². The van der Waals surface area contributed by atoms with Gasteiger partial charge in [0.15, 0.2) is 5.82 Å². The number of ether oxygens (including phenoxy) is 2. The predicted octanol–water partition coefficient (Wildman–Crippen LogP) is 3.94. The molecule has 0 fully saturated rings. The Bertz CT molecular complexity index is 1070. The van der Waals surface area contributed by atoms with Gasteiger partial charge in [0.05, 0.1) is 52.7 Å². The highest BCUT2D eigenvalue weighted by atomic mass is 35.5. The number of hydrogen-bond acceptors (Lipinski definition) is 7. The molecule has 3 aromatic rings. The molecular formula is C17H16Cl2FN7O3. The van der Waals surface area contributed by atoms with Crippen molar-refractivity contribution in [2.24, 2.45) is 0 Å². The van der Waals surface area contributed by atoms with Crippen LogP contribution < -0.4 is 15.4 Å². The van der Waals surface area contributed by atoms with Crippen molar-refractivity contribution in [1.82, 2.24) is 25.0 Å². The molecular weight excluding hydrogens is 440 g/mol. The van der Waals surface area contributed by atoms with E-state index >= 15 is 0 Å². The van der Waals surface area contributed by atoms with Crippen molar-refractivity contribution in [3.05, 3.63) is 46.0 Å². The molecule has 0 spiro atoms. The lowest BCUT2D eigenvalue weighted by molar-refractivity contribution is -0.00605. The summed E-state index contributed by atoms with van der Waals surface area (Å²) >= 11 is 12.4. The van der Waals surface area contributed by atoms with Crippen LogP contribution in [-0.2, 0) is 4.74 Å². The summed E-state index contributed by atoms with van der Waals surface area (Å²) in [7, 11) is 2.54. The molecule has 0 aliphatic carbocycles. The summed E-state index contributed by atoms with van der Waals surface area (Å²) in [5.74, 6) is 0.268. The van der Waals surface area contributed by atoms with Gasteiger partial charge >= 0.3 is 6.03 Å². The van der Waals surface area contributed by atoms with Crippen LogP contribution >= 0.6 is 23.2 Å². The SMILES string of the molecule is COc1nc(-n2nccn2)c(Cl)cc1NC(=O)Nc1cnc(C)c(Cl)c1[C@H](F)OC. The second-order valence-corrected chi connectivity index (χ2v) is 6.57. The summed E-state index contributed by atoms with van der Waals surface area (Å²) < 4.78 is 24.1. The van der Waals surface area contributed by atoms with Crippen molar-refractivity contribution in [2.75, 3.05) is 24.9 Å². The van der Waals surface area contributed by atoms with E-state index in [9.17, 15) is 9.18 Å². The maximum absolute atomic E-state index is 14.2. The van der Waals surface area contributed by atoms with Crippen LogP contribution in [0.25, 0.3) is 5.82 Å². The quantitative estimate of drug-likeness (QED) is 0.577. The number of halogens is 3. The molecule has 3 aromatic heterocycles. The normalized spacial score (nSPS) is 11.8. The largest absolute Gasteiger partial charge is 0.479 e. The third-order valence-electron chi connectivity index (χ3n) is 3.89. The number of aromatic nitrogens is 5. The fraction of sp³-hybridized carbons (Fsp3) is 0.235. The minimum Gasteiger partial charge on any atom is -0.479 e. The molecule has 0 aliphatic rings. The Morgan fingerprint density at radius 3 is 2.50 bits per heavy atom. The van der Waals surface area contributed by atoms with Crippen molar-refractivity contribution in [1.29, 1.82) is 0 Å². The molecule has 30 heavy (non-hydrogen) atoms. The van der Waals surface area contributed by atoms with Crippen LogP contribution in [0.4, 0.5) is 20.6 Å². The predicted molar refractivity (Wildman–Crippen MR) is 108 cm³/mol. The van der Waals surface area contributed by atoms with Gasteiger partial charge in [0, 0.05) is 7.11 Å². The highest BCUT2D eigenvalue weighted by Gasteiger charge is 2.22. The fourth-order valence-electron chi connectivity index (χ4n) is 2.49. The first-order valence-electron chi connectivity index (χ1n) is 8.36. The number of carbonyl (C=O) groups excluding carboxylic acids is 1. The minimum absolute atomic E-state index is 0.0350. The number of nitrogens with zero attached hydrogens (tertiary/aromatic N) is 5. The Morgan fingerprint density at radius 1 is 1.20 bits per heavy atom. The second kappa shape index (κ2) is 9.20. The Morgan fingerprint density at radius 2 is 1.87 bits per heavy atom. The number of hydrogen-bond donors (Lipinski definition) is 2. The van der Waals surface area contributed by atoms with E-state index in [0.717, 1.165) is 0 Å². The average molecular weight is 456 g/mol. The summed E-state index contributed by atoms with van der Waals surface area (Å²) in [6.07, 6.45) is 2.33. The molecule has 1 atom stereocenters. The van der Waals surface area contributed by atoms with E-state index in [4.69, 9.17) is 32.7 Å². The zero-order valence-electron chi connectivity index (χ0n) is 16.0. The number of urea groups is 1. The zero-order chi connectivity index (χ0) is 21.8. The fourth-order valence-corrected chi connectivity index (χ4v) is 2.95. The van der Waals surface area contributed by atoms with E-state index in [2.05, 4.69) is 30.8 Å². The number of anilines is 2. The number of carbonyl (C=O) groups is 1. The number of rotatable bonds is 6. The van der Waals surface area contributed by atoms with Gasteiger partial charge in [-0.15, -0.1) is 4.80 Å². The highest BCUT2D eigenvalue weighted by molar-refractivity contribution is 6.33. The van der Waals surface area contributed by atoms with Gasteiger partial charge in [-0.05, 0) is 13.0 Å². The van der Waals surface area contributed by atoms with Crippen molar-refractivity contribution in [2.45, 2.75) is 13.3 Å². The summed E-state index contributed by atoms with van der Waals surface area (Å²) in [6.45, 7) is 1.60. The first-order valence-corrected chi connectivity index (χ1v) is 9.12. The molecule has 0 radical (unpaired) electrons. The van der Waals surface area contributed by atoms with Crippen LogP contribution in [0.5, 0.6) is 5.88 Å². The molecule has 0 saturated carbocycles. The van der Waals surface area contributed by atoms with E-state index in [1.807, 2.05) is 0 Å². The molecule has 158 valence electrons. The van der Waals surface area contributed by atoms with Crippen molar-refractivity contribution < 1.29 is 18.7 Å². The number of aryl methyl sites for hydroxylation is 1. The van der Waals surface area contributed by atoms with Crippen LogP contribution in [0.3, 0.4) is 0 Å². The van der Waals surface area contributed by atoms with Gasteiger partial charge in [0.2, 0.25) is 12.2 Å². The Labute approximate surface area is 180 Å². The third kappa shape index (κ3) is 4.42. The van der Waals surface area contributed by atoms with Crippen LogP contribution in [0.2, 0.25) is 10.0 Å². The number of methoxy groups -OCH3 is 2. The maximum atomic E-state index is 14.2. The first kappa shape index (κ1) is 21.7. The lowest BCUT2D eigenvalue weighted by Crippen LogP contribution is -2.22. The lowest BCUT2D eigenvalue weighted by Gasteiger charge is -2.17. The molecule has 0 saturated heterocycles. The molecule has 3 heterocycles. The Balaban J connectivity index is 1.87. The topological polar surface area (TPSA) is 116 Å². The number of alkyl halides is 1. The van der Waals surface area contributed by atoms with E-state index < -0.39 is 12.4 Å². The smallest absolute Gasteiger partial charge is 0.323 e. The van der Waals surface area contributed by atoms with Gasteiger partial charge in [0.25, 0.3) is 0 Å². The first-order chi connectivity index (χ1) is 14.3. The Kier molecular flexibility index (Phi) is 6.65. The molecule has 0 unspecified atom stereocenters. The van der Waals surface area contributed by atoms with Gasteiger partial charge in [-0.2, -0.15) is 15.2 Å². The Hall–Kier alpha value is -3.02. The van der Waals surface area contributed by atoms with Crippen LogP contribution in [0.1, 0.15) is 17.6 Å². The van der Waals surface area contributed by atoms with Gasteiger partial charge in [-0.3, -0.25) is 4.98 Å². The lowest BCUT2D eigenvalue weighted by atomic mass is 10.2. The van der Waals surface area contributed by atoms with Crippen LogP contribution in [0, 0.1) is 6.92 Å². The van der Waals surface area contributed by atoms with E-state index in [-0.39, 0.29) is 38.7 Å². The number of amides is 2.